The molecular formula is C51H61N3O7. The predicted octanol–water partition coefficient (Wildman–Crippen LogP) is 6.53. The highest BCUT2D eigenvalue weighted by Crippen LogP contribution is 2.85. The van der Waals surface area contributed by atoms with Crippen LogP contribution < -0.4 is 11.5 Å². The van der Waals surface area contributed by atoms with Gasteiger partial charge in [-0.25, -0.2) is 4.79 Å². The number of aliphatic hydroxyl groups is 3. The predicted molar refractivity (Wildman–Crippen MR) is 232 cm³/mol. The van der Waals surface area contributed by atoms with Crippen molar-refractivity contribution in [3.63, 3.8) is 0 Å². The van der Waals surface area contributed by atoms with Crippen LogP contribution in [-0.2, 0) is 14.4 Å². The zero-order valence-corrected chi connectivity index (χ0v) is 36.1. The number of Topliss-reactive ketones (excluding diaryl/α,β-unsaturated/α-hetero) is 2. The first-order chi connectivity index (χ1) is 28.8. The van der Waals surface area contributed by atoms with E-state index in [-0.39, 0.29) is 42.0 Å². The molecule has 61 heavy (non-hydrogen) atoms. The van der Waals surface area contributed by atoms with E-state index < -0.39 is 74.0 Å². The van der Waals surface area contributed by atoms with E-state index in [9.17, 15) is 30.0 Å². The highest BCUT2D eigenvalue weighted by atomic mass is 16.4. The van der Waals surface area contributed by atoms with Gasteiger partial charge < -0.3 is 31.9 Å². The van der Waals surface area contributed by atoms with E-state index in [1.54, 1.807) is 0 Å². The number of hydrogen-bond acceptors (Lipinski definition) is 7. The molecule has 0 radical (unpaired) electrons. The zero-order valence-electron chi connectivity index (χ0n) is 36.1. The minimum Gasteiger partial charge on any atom is -0.478 e. The lowest BCUT2D eigenvalue weighted by atomic mass is 9.33. The van der Waals surface area contributed by atoms with E-state index in [4.69, 9.17) is 11.5 Å². The molecule has 10 nitrogen and oxygen atoms in total. The Morgan fingerprint density at radius 1 is 1.00 bits per heavy atom. The summed E-state index contributed by atoms with van der Waals surface area (Å²) in [6.45, 7) is 9.77. The fraction of sp³-hybridized carbons (Fsp3) is 0.569. The van der Waals surface area contributed by atoms with E-state index in [1.807, 2.05) is 56.3 Å². The summed E-state index contributed by atoms with van der Waals surface area (Å²) in [6, 6.07) is 10.0. The molecule has 3 fully saturated rings. The quantitative estimate of drug-likeness (QED) is 0.0800. The average molecular weight is 828 g/mol. The number of benzene rings is 1. The molecule has 0 unspecified atom stereocenters. The molecule has 0 saturated heterocycles. The van der Waals surface area contributed by atoms with Crippen molar-refractivity contribution in [2.45, 2.75) is 116 Å². The number of nitrogens with zero attached hydrogens (tertiary/aromatic N) is 1. The van der Waals surface area contributed by atoms with Crippen molar-refractivity contribution in [1.82, 2.24) is 0 Å². The van der Waals surface area contributed by atoms with Gasteiger partial charge in [-0.1, -0.05) is 101 Å². The second-order valence-electron chi connectivity index (χ2n) is 21.2. The number of hydrogen-bond donors (Lipinski definition) is 6. The first-order valence-electron chi connectivity index (χ1n) is 22.6. The summed E-state index contributed by atoms with van der Waals surface area (Å²) in [6.07, 6.45) is 15.3. The van der Waals surface area contributed by atoms with Gasteiger partial charge in [-0.15, -0.1) is 0 Å². The largest absolute Gasteiger partial charge is 0.478 e. The van der Waals surface area contributed by atoms with E-state index >= 15 is 4.79 Å². The van der Waals surface area contributed by atoms with Crippen LogP contribution in [-0.4, -0.2) is 67.3 Å². The van der Waals surface area contributed by atoms with Gasteiger partial charge in [0.05, 0.1) is 0 Å². The van der Waals surface area contributed by atoms with Crippen LogP contribution in [0.4, 0.5) is 0 Å². The lowest BCUT2D eigenvalue weighted by Crippen LogP contribution is -2.72. The number of carboxylic acid groups (broad SMARTS) is 1. The summed E-state index contributed by atoms with van der Waals surface area (Å²) < 4.78 is 0. The molecule has 12 atom stereocenters. The summed E-state index contributed by atoms with van der Waals surface area (Å²) in [5.41, 5.74) is 8.79. The number of rotatable bonds is 6. The first-order valence-corrected chi connectivity index (χ1v) is 22.6. The van der Waals surface area contributed by atoms with Crippen LogP contribution in [0, 0.1) is 57.2 Å². The van der Waals surface area contributed by atoms with Crippen molar-refractivity contribution in [3.05, 3.63) is 99.2 Å². The SMILES string of the molecule is C/C(=C\[C@]1(O)C2=CCC3=C2[C@@H]2[C@H]([C@H](C)[C@H]1CN=C(N)N)[C@]14CCCCC[C@]56CCC(=O)C(C)(C)[C@H]5[C@@H](/C=C/c5ccccc5)[C@]5(O)C=C(C3)[C@@]2(O)[C@]1(C)C5=C6C(=O)C4)C(=O)O. The second kappa shape index (κ2) is 12.9. The van der Waals surface area contributed by atoms with E-state index in [2.05, 4.69) is 31.0 Å². The second-order valence-corrected chi connectivity index (χ2v) is 21.2. The van der Waals surface area contributed by atoms with Crippen LogP contribution in [0.1, 0.15) is 104 Å². The van der Waals surface area contributed by atoms with Crippen molar-refractivity contribution < 1.29 is 34.8 Å². The van der Waals surface area contributed by atoms with Gasteiger partial charge in [0.25, 0.3) is 0 Å². The number of aliphatic imine (C=N–C) groups is 1. The molecule has 1 aromatic carbocycles. The van der Waals surface area contributed by atoms with Gasteiger partial charge in [0, 0.05) is 64.5 Å². The monoisotopic (exact) mass is 827 g/mol. The normalized spacial score (nSPS) is 44.1. The standard InChI is InChI=1S/C51H61N3O7/c1-27(43(57)58)23-49(59)32-17-15-30-22-31-24-50(60)33(16-14-29-12-8-6-9-13-29)41-45(3,4)36(56)18-21-47(41)19-10-7-11-20-48-25-35(55)39(47)42(50)46(48,5)51(31,61)40(37(30)32)38(48)28(2)34(49)26-54-44(52)53/h6,8-9,12-14,16-17,23-24,28,33-34,38,40-41,59-61H,7,10-11,15,18-22,25-26H2,1-5H3,(H,57,58)(H4,52,53,54)/b16-14+,27-23+/t28-,33-,34-,38+,40-,41-,46-,47-,48-,49+,50-,51+/m1/s1. The van der Waals surface area contributed by atoms with Crippen molar-refractivity contribution in [1.29, 1.82) is 0 Å². The molecule has 0 aromatic heterocycles. The maximum Gasteiger partial charge on any atom is 0.331 e. The van der Waals surface area contributed by atoms with E-state index in [1.165, 1.54) is 13.0 Å². The topological polar surface area (TPSA) is 197 Å². The Kier molecular flexibility index (Phi) is 8.57. The molecule has 9 aliphatic rings. The van der Waals surface area contributed by atoms with Gasteiger partial charge in [-0.05, 0) is 102 Å². The molecule has 322 valence electrons. The molecule has 3 saturated carbocycles. The van der Waals surface area contributed by atoms with E-state index in [0.717, 1.165) is 48.0 Å². The lowest BCUT2D eigenvalue weighted by Gasteiger charge is -2.70. The molecule has 10 rings (SSSR count). The van der Waals surface area contributed by atoms with Crippen LogP contribution in [0.2, 0.25) is 0 Å². The van der Waals surface area contributed by atoms with Gasteiger partial charge in [-0.2, -0.15) is 0 Å². The molecular weight excluding hydrogens is 767 g/mol. The third-order valence-corrected chi connectivity index (χ3v) is 18.7. The van der Waals surface area contributed by atoms with Crippen LogP contribution in [0.25, 0.3) is 6.08 Å². The van der Waals surface area contributed by atoms with E-state index in [0.29, 0.717) is 48.8 Å². The van der Waals surface area contributed by atoms with Gasteiger partial charge in [0.2, 0.25) is 0 Å². The van der Waals surface area contributed by atoms with Gasteiger partial charge in [0.1, 0.15) is 22.6 Å². The molecule has 4 bridgehead atoms. The Labute approximate surface area is 358 Å². The highest BCUT2D eigenvalue weighted by molar-refractivity contribution is 6.02. The number of nitrogens with two attached hydrogens (primary N) is 2. The molecule has 1 spiro atoms. The smallest absolute Gasteiger partial charge is 0.331 e. The summed E-state index contributed by atoms with van der Waals surface area (Å²) in [5.74, 6) is -4.30. The Bertz CT molecular complexity index is 2420. The molecule has 8 N–H and O–H groups in total. The number of carbonyl (C=O) groups is 3. The van der Waals surface area contributed by atoms with Crippen LogP contribution >= 0.6 is 0 Å². The van der Waals surface area contributed by atoms with Crippen LogP contribution in [0.15, 0.2) is 98.6 Å². The van der Waals surface area contributed by atoms with Crippen molar-refractivity contribution in [2.24, 2.45) is 73.6 Å². The maximum absolute atomic E-state index is 16.0. The van der Waals surface area contributed by atoms with Crippen LogP contribution in [0.5, 0.6) is 0 Å². The highest BCUT2D eigenvalue weighted by Gasteiger charge is 2.85. The number of ketones is 2. The maximum atomic E-state index is 16.0. The summed E-state index contributed by atoms with van der Waals surface area (Å²) in [5, 5.41) is 52.4. The Hall–Kier alpha value is -4.38. The molecule has 0 aliphatic heterocycles. The first kappa shape index (κ1) is 40.7. The average Bonchev–Trinajstić information content (AvgIpc) is 3.67. The molecule has 0 heterocycles. The molecule has 10 heteroatoms. The third-order valence-electron chi connectivity index (χ3n) is 18.7. The fourth-order valence-electron chi connectivity index (χ4n) is 16.6. The number of carbonyl (C=O) groups excluding carboxylic acids is 2. The molecule has 9 aliphatic carbocycles. The Balaban J connectivity index is 1.33. The minimum atomic E-state index is -1.81. The van der Waals surface area contributed by atoms with Gasteiger partial charge in [0.15, 0.2) is 11.7 Å². The Morgan fingerprint density at radius 3 is 2.43 bits per heavy atom. The van der Waals surface area contributed by atoms with Crippen LogP contribution in [0.3, 0.4) is 0 Å². The third kappa shape index (κ3) is 4.74. The number of allylic oxidation sites excluding steroid dienone is 3. The fourth-order valence-corrected chi connectivity index (χ4v) is 16.6. The lowest BCUT2D eigenvalue weighted by molar-refractivity contribution is -0.171. The number of carboxylic acids is 1. The van der Waals surface area contributed by atoms with Crippen molar-refractivity contribution in [2.75, 3.05) is 6.54 Å². The number of aliphatic carboxylic acids is 1. The van der Waals surface area contributed by atoms with Gasteiger partial charge in [-0.3, -0.25) is 14.6 Å². The minimum absolute atomic E-state index is 0.00183. The number of guanidine groups is 1. The summed E-state index contributed by atoms with van der Waals surface area (Å²) in [4.78, 5) is 47.3. The Morgan fingerprint density at radius 2 is 1.72 bits per heavy atom. The zero-order chi connectivity index (χ0) is 43.4. The van der Waals surface area contributed by atoms with Gasteiger partial charge >= 0.3 is 5.97 Å². The summed E-state index contributed by atoms with van der Waals surface area (Å²) >= 11 is 0. The van der Waals surface area contributed by atoms with Crippen molar-refractivity contribution >= 4 is 29.6 Å². The molecule has 0 amide bonds. The van der Waals surface area contributed by atoms with Crippen molar-refractivity contribution in [3.8, 4) is 0 Å². The summed E-state index contributed by atoms with van der Waals surface area (Å²) in [7, 11) is 0. The molecule has 1 aromatic rings.